The van der Waals surface area contributed by atoms with Gasteiger partial charge in [-0.2, -0.15) is 0 Å². The molecule has 0 atom stereocenters. The maximum Gasteiger partial charge on any atom is 0.309 e. The summed E-state index contributed by atoms with van der Waals surface area (Å²) in [4.78, 5) is 13.4. The molecule has 1 N–H and O–H groups in total. The molecular formula is C15H31NO4. The van der Waals surface area contributed by atoms with E-state index in [1.165, 1.54) is 0 Å². The number of ether oxygens (including phenoxy) is 2. The van der Waals surface area contributed by atoms with Gasteiger partial charge in [-0.25, -0.2) is 0 Å². The van der Waals surface area contributed by atoms with Crippen molar-refractivity contribution in [3.05, 3.63) is 0 Å². The third-order valence-electron chi connectivity index (χ3n) is 3.54. The molecule has 0 aromatic carbocycles. The molecule has 0 rings (SSSR count). The van der Waals surface area contributed by atoms with Crippen LogP contribution in [0.3, 0.4) is 0 Å². The zero-order chi connectivity index (χ0) is 15.4. The lowest BCUT2D eigenvalue weighted by Gasteiger charge is -2.23. The van der Waals surface area contributed by atoms with Gasteiger partial charge in [0.2, 0.25) is 0 Å². The molecule has 0 aromatic heterocycles. The minimum Gasteiger partial charge on any atom is -0.481 e. The van der Waals surface area contributed by atoms with Crippen molar-refractivity contribution in [2.75, 3.05) is 47.1 Å². The van der Waals surface area contributed by atoms with Crippen LogP contribution in [-0.2, 0) is 14.3 Å². The zero-order valence-corrected chi connectivity index (χ0v) is 13.5. The highest BCUT2D eigenvalue weighted by atomic mass is 16.5. The van der Waals surface area contributed by atoms with E-state index in [0.717, 1.165) is 58.5 Å². The Kier molecular flexibility index (Phi) is 10.7. The number of aliphatic carboxylic acids is 1. The molecule has 0 amide bonds. The van der Waals surface area contributed by atoms with E-state index in [-0.39, 0.29) is 0 Å². The van der Waals surface area contributed by atoms with Gasteiger partial charge in [-0.15, -0.1) is 0 Å². The second kappa shape index (κ2) is 11.1. The predicted molar refractivity (Wildman–Crippen MR) is 80.1 cm³/mol. The van der Waals surface area contributed by atoms with Gasteiger partial charge in [0, 0.05) is 33.9 Å². The normalized spacial score (nSPS) is 12.1. The Morgan fingerprint density at radius 3 is 2.15 bits per heavy atom. The fraction of sp³-hybridized carbons (Fsp3) is 0.933. The Balaban J connectivity index is 3.90. The number of hydrogen-bond donors (Lipinski definition) is 1. The summed E-state index contributed by atoms with van der Waals surface area (Å²) in [5.41, 5.74) is -0.618. The number of carboxylic acid groups (broad SMARTS) is 1. The van der Waals surface area contributed by atoms with Gasteiger partial charge in [0.25, 0.3) is 0 Å². The van der Waals surface area contributed by atoms with Crippen molar-refractivity contribution < 1.29 is 19.4 Å². The van der Waals surface area contributed by atoms with Gasteiger partial charge in [-0.3, -0.25) is 4.79 Å². The molecule has 20 heavy (non-hydrogen) atoms. The summed E-state index contributed by atoms with van der Waals surface area (Å²) >= 11 is 0. The summed E-state index contributed by atoms with van der Waals surface area (Å²) < 4.78 is 10.2. The maximum absolute atomic E-state index is 11.0. The Morgan fingerprint density at radius 2 is 1.60 bits per heavy atom. The minimum absolute atomic E-state index is 0.618. The van der Waals surface area contributed by atoms with Crippen molar-refractivity contribution in [2.45, 2.75) is 39.5 Å². The zero-order valence-electron chi connectivity index (χ0n) is 13.5. The first kappa shape index (κ1) is 19.4. The van der Waals surface area contributed by atoms with Gasteiger partial charge < -0.3 is 19.5 Å². The molecular weight excluding hydrogens is 258 g/mol. The van der Waals surface area contributed by atoms with Crippen LogP contribution in [0.15, 0.2) is 0 Å². The van der Waals surface area contributed by atoms with Gasteiger partial charge in [-0.1, -0.05) is 6.42 Å². The van der Waals surface area contributed by atoms with E-state index >= 15 is 0 Å². The highest BCUT2D eigenvalue weighted by molar-refractivity contribution is 5.73. The van der Waals surface area contributed by atoms with Crippen LogP contribution in [0.5, 0.6) is 0 Å². The lowest BCUT2D eigenvalue weighted by Crippen LogP contribution is -2.30. The molecule has 0 saturated heterocycles. The van der Waals surface area contributed by atoms with Gasteiger partial charge >= 0.3 is 5.97 Å². The van der Waals surface area contributed by atoms with Gasteiger partial charge in [0.1, 0.15) is 0 Å². The molecule has 120 valence electrons. The second-order valence-corrected chi connectivity index (χ2v) is 5.83. The number of unbranched alkanes of at least 4 members (excludes halogenated alkanes) is 1. The molecule has 0 aliphatic heterocycles. The number of nitrogens with zero attached hydrogens (tertiary/aromatic N) is 1. The molecule has 0 aliphatic rings. The number of carbonyl (C=O) groups is 1. The van der Waals surface area contributed by atoms with Crippen LogP contribution in [-0.4, -0.2) is 63.0 Å². The summed E-state index contributed by atoms with van der Waals surface area (Å²) in [6, 6.07) is 0. The smallest absolute Gasteiger partial charge is 0.309 e. The number of rotatable bonds is 13. The Hall–Kier alpha value is -0.650. The molecule has 5 heteroatoms. The Morgan fingerprint density at radius 1 is 1.00 bits per heavy atom. The van der Waals surface area contributed by atoms with Crippen LogP contribution in [0.1, 0.15) is 39.5 Å². The van der Waals surface area contributed by atoms with E-state index in [1.54, 1.807) is 28.1 Å². The fourth-order valence-electron chi connectivity index (χ4n) is 2.00. The average Bonchev–Trinajstić information content (AvgIpc) is 2.40. The van der Waals surface area contributed by atoms with Crippen LogP contribution in [0.2, 0.25) is 0 Å². The molecule has 0 spiro atoms. The highest BCUT2D eigenvalue weighted by Crippen LogP contribution is 2.23. The van der Waals surface area contributed by atoms with Crippen molar-refractivity contribution >= 4 is 5.97 Å². The van der Waals surface area contributed by atoms with Crippen LogP contribution >= 0.6 is 0 Å². The van der Waals surface area contributed by atoms with Crippen LogP contribution in [0.25, 0.3) is 0 Å². The second-order valence-electron chi connectivity index (χ2n) is 5.83. The first-order valence-corrected chi connectivity index (χ1v) is 7.37. The van der Waals surface area contributed by atoms with E-state index < -0.39 is 11.4 Å². The molecule has 0 radical (unpaired) electrons. The van der Waals surface area contributed by atoms with Crippen LogP contribution in [0, 0.1) is 5.41 Å². The first-order valence-electron chi connectivity index (χ1n) is 7.37. The van der Waals surface area contributed by atoms with Gasteiger partial charge in [0.15, 0.2) is 0 Å². The van der Waals surface area contributed by atoms with Crippen molar-refractivity contribution in [2.24, 2.45) is 5.41 Å². The molecule has 0 aromatic rings. The summed E-state index contributed by atoms with van der Waals surface area (Å²) in [6.45, 7) is 7.99. The van der Waals surface area contributed by atoms with Crippen molar-refractivity contribution in [1.29, 1.82) is 0 Å². The number of methoxy groups -OCH3 is 2. The predicted octanol–water partition coefficient (Wildman–Crippen LogP) is 2.25. The number of carboxylic acids is 1. The van der Waals surface area contributed by atoms with Crippen LogP contribution in [0.4, 0.5) is 0 Å². The quantitative estimate of drug-likeness (QED) is 0.527. The SMILES string of the molecule is COCCCN(CCCCC(C)(C)C(=O)O)CCOC. The third-order valence-corrected chi connectivity index (χ3v) is 3.54. The fourth-order valence-corrected chi connectivity index (χ4v) is 2.00. The molecule has 0 fully saturated rings. The number of hydrogen-bond acceptors (Lipinski definition) is 4. The highest BCUT2D eigenvalue weighted by Gasteiger charge is 2.26. The standard InChI is InChI=1S/C15H31NO4/c1-15(2,14(17)18)8-5-6-9-16(11-13-20-4)10-7-12-19-3/h5-13H2,1-4H3,(H,17,18). The first-order chi connectivity index (χ1) is 9.44. The lowest BCUT2D eigenvalue weighted by atomic mass is 9.87. The van der Waals surface area contributed by atoms with Crippen molar-refractivity contribution in [3.63, 3.8) is 0 Å². The van der Waals surface area contributed by atoms with Gasteiger partial charge in [-0.05, 0) is 39.7 Å². The summed E-state index contributed by atoms with van der Waals surface area (Å²) in [5, 5.41) is 9.07. The molecule has 0 aliphatic carbocycles. The maximum atomic E-state index is 11.0. The molecule has 0 bridgehead atoms. The summed E-state index contributed by atoms with van der Waals surface area (Å²) in [6.07, 6.45) is 3.69. The monoisotopic (exact) mass is 289 g/mol. The Bertz CT molecular complexity index is 256. The van der Waals surface area contributed by atoms with Crippen molar-refractivity contribution in [1.82, 2.24) is 4.90 Å². The molecule has 0 unspecified atom stereocenters. The van der Waals surface area contributed by atoms with E-state index in [9.17, 15) is 4.79 Å². The van der Waals surface area contributed by atoms with E-state index in [1.807, 2.05) is 0 Å². The van der Waals surface area contributed by atoms with E-state index in [0.29, 0.717) is 0 Å². The van der Waals surface area contributed by atoms with Gasteiger partial charge in [0.05, 0.1) is 12.0 Å². The topological polar surface area (TPSA) is 59.0 Å². The molecule has 5 nitrogen and oxygen atoms in total. The Labute approximate surface area is 123 Å². The summed E-state index contributed by atoms with van der Waals surface area (Å²) in [7, 11) is 3.43. The summed E-state index contributed by atoms with van der Waals surface area (Å²) in [5.74, 6) is -0.714. The van der Waals surface area contributed by atoms with E-state index in [2.05, 4.69) is 4.90 Å². The van der Waals surface area contributed by atoms with E-state index in [4.69, 9.17) is 14.6 Å². The lowest BCUT2D eigenvalue weighted by molar-refractivity contribution is -0.147. The van der Waals surface area contributed by atoms with Crippen molar-refractivity contribution in [3.8, 4) is 0 Å². The average molecular weight is 289 g/mol. The largest absolute Gasteiger partial charge is 0.481 e. The minimum atomic E-state index is -0.714. The third kappa shape index (κ3) is 9.28. The molecule has 0 saturated carbocycles. The molecule has 0 heterocycles. The van der Waals surface area contributed by atoms with Crippen LogP contribution < -0.4 is 0 Å².